The fourth-order valence-electron chi connectivity index (χ4n) is 2.64. The molecule has 1 aromatic heterocycles. The second-order valence-electron chi connectivity index (χ2n) is 6.04. The van der Waals surface area contributed by atoms with Crippen LogP contribution in [-0.4, -0.2) is 25.9 Å². The van der Waals surface area contributed by atoms with Crippen molar-refractivity contribution in [2.75, 3.05) is 5.32 Å². The summed E-state index contributed by atoms with van der Waals surface area (Å²) in [6, 6.07) is 17.7. The Labute approximate surface area is 157 Å². The normalized spacial score (nSPS) is 12.0. The predicted molar refractivity (Wildman–Crippen MR) is 106 cm³/mol. The molecule has 0 aliphatic heterocycles. The molecule has 0 saturated heterocycles. The first-order valence-electron chi connectivity index (χ1n) is 8.61. The number of aryl methyl sites for hydroxylation is 1. The highest BCUT2D eigenvalue weighted by Gasteiger charge is 2.20. The van der Waals surface area contributed by atoms with Crippen molar-refractivity contribution in [2.45, 2.75) is 37.7 Å². The van der Waals surface area contributed by atoms with Crippen LogP contribution in [0.4, 0.5) is 5.69 Å². The molecule has 1 heterocycles. The second kappa shape index (κ2) is 8.19. The molecule has 1 atom stereocenters. The molecule has 1 N–H and O–H groups in total. The zero-order valence-electron chi connectivity index (χ0n) is 15.1. The van der Waals surface area contributed by atoms with Gasteiger partial charge in [0.25, 0.3) is 0 Å². The number of amides is 1. The lowest BCUT2D eigenvalue weighted by Crippen LogP contribution is -2.23. The van der Waals surface area contributed by atoms with Crippen LogP contribution in [0.2, 0.25) is 0 Å². The molecule has 6 heteroatoms. The van der Waals surface area contributed by atoms with Crippen LogP contribution in [-0.2, 0) is 11.3 Å². The third kappa shape index (κ3) is 4.14. The van der Waals surface area contributed by atoms with E-state index >= 15 is 0 Å². The third-order valence-corrected chi connectivity index (χ3v) is 5.08. The van der Waals surface area contributed by atoms with E-state index in [9.17, 15) is 4.79 Å². The standard InChI is InChI=1S/C20H22N4OS/c1-4-24-18(16-10-6-5-7-11-16)22-23-20(24)26-15(3)19(25)21-17-12-8-9-14(2)13-17/h5-13,15H,4H2,1-3H3,(H,21,25)/t15-/m0/s1. The van der Waals surface area contributed by atoms with Crippen LogP contribution in [0.5, 0.6) is 0 Å². The summed E-state index contributed by atoms with van der Waals surface area (Å²) in [6.45, 7) is 6.68. The summed E-state index contributed by atoms with van der Waals surface area (Å²) >= 11 is 1.42. The molecule has 1 amide bonds. The lowest BCUT2D eigenvalue weighted by atomic mass is 10.2. The highest BCUT2D eigenvalue weighted by Crippen LogP contribution is 2.27. The predicted octanol–water partition coefficient (Wildman–Crippen LogP) is 4.39. The molecular formula is C20H22N4OS. The van der Waals surface area contributed by atoms with Gasteiger partial charge >= 0.3 is 0 Å². The zero-order valence-corrected chi connectivity index (χ0v) is 16.0. The zero-order chi connectivity index (χ0) is 18.5. The van der Waals surface area contributed by atoms with Crippen molar-refractivity contribution >= 4 is 23.4 Å². The van der Waals surface area contributed by atoms with Crippen LogP contribution < -0.4 is 5.32 Å². The summed E-state index contributed by atoms with van der Waals surface area (Å²) in [4.78, 5) is 12.5. The number of hydrogen-bond acceptors (Lipinski definition) is 4. The van der Waals surface area contributed by atoms with Crippen molar-refractivity contribution in [2.24, 2.45) is 0 Å². The van der Waals surface area contributed by atoms with E-state index in [1.165, 1.54) is 11.8 Å². The van der Waals surface area contributed by atoms with Crippen LogP contribution in [0, 0.1) is 6.92 Å². The highest BCUT2D eigenvalue weighted by molar-refractivity contribution is 8.00. The lowest BCUT2D eigenvalue weighted by Gasteiger charge is -2.13. The Hall–Kier alpha value is -2.60. The van der Waals surface area contributed by atoms with Gasteiger partial charge in [0.15, 0.2) is 11.0 Å². The molecule has 26 heavy (non-hydrogen) atoms. The summed E-state index contributed by atoms with van der Waals surface area (Å²) in [5.41, 5.74) is 2.94. The molecule has 3 aromatic rings. The SMILES string of the molecule is CCn1c(S[C@@H](C)C(=O)Nc2cccc(C)c2)nnc1-c1ccccc1. The summed E-state index contributed by atoms with van der Waals surface area (Å²) < 4.78 is 2.04. The molecule has 0 spiro atoms. The Balaban J connectivity index is 1.74. The highest BCUT2D eigenvalue weighted by atomic mass is 32.2. The largest absolute Gasteiger partial charge is 0.325 e. The molecule has 0 unspecified atom stereocenters. The number of nitrogens with zero attached hydrogens (tertiary/aromatic N) is 3. The van der Waals surface area contributed by atoms with E-state index < -0.39 is 0 Å². The fraction of sp³-hybridized carbons (Fsp3) is 0.250. The van der Waals surface area contributed by atoms with Gasteiger partial charge in [0.05, 0.1) is 5.25 Å². The Morgan fingerprint density at radius 1 is 1.15 bits per heavy atom. The Bertz CT molecular complexity index is 892. The average Bonchev–Trinajstić information content (AvgIpc) is 3.05. The first-order chi connectivity index (χ1) is 12.6. The Morgan fingerprint density at radius 3 is 2.62 bits per heavy atom. The van der Waals surface area contributed by atoms with E-state index in [0.29, 0.717) is 0 Å². The maximum atomic E-state index is 12.5. The average molecular weight is 366 g/mol. The van der Waals surface area contributed by atoms with Gasteiger partial charge in [-0.15, -0.1) is 10.2 Å². The number of thioether (sulfide) groups is 1. The van der Waals surface area contributed by atoms with Gasteiger partial charge in [0.2, 0.25) is 5.91 Å². The van der Waals surface area contributed by atoms with Crippen molar-refractivity contribution in [3.8, 4) is 11.4 Å². The summed E-state index contributed by atoms with van der Waals surface area (Å²) in [5.74, 6) is 0.773. The number of rotatable bonds is 6. The monoisotopic (exact) mass is 366 g/mol. The van der Waals surface area contributed by atoms with Gasteiger partial charge in [-0.2, -0.15) is 0 Å². The molecule has 0 radical (unpaired) electrons. The minimum Gasteiger partial charge on any atom is -0.325 e. The second-order valence-corrected chi connectivity index (χ2v) is 7.34. The van der Waals surface area contributed by atoms with Gasteiger partial charge < -0.3 is 9.88 Å². The van der Waals surface area contributed by atoms with Crippen LogP contribution in [0.25, 0.3) is 11.4 Å². The molecular weight excluding hydrogens is 344 g/mol. The molecule has 0 aliphatic carbocycles. The molecule has 0 saturated carbocycles. The molecule has 0 aliphatic rings. The number of carbonyl (C=O) groups excluding carboxylic acids is 1. The fourth-order valence-corrected chi connectivity index (χ4v) is 3.55. The molecule has 2 aromatic carbocycles. The maximum absolute atomic E-state index is 12.5. The third-order valence-electron chi connectivity index (χ3n) is 4.00. The van der Waals surface area contributed by atoms with Gasteiger partial charge in [-0.3, -0.25) is 4.79 Å². The van der Waals surface area contributed by atoms with E-state index in [2.05, 4.69) is 22.4 Å². The molecule has 5 nitrogen and oxygen atoms in total. The minimum atomic E-state index is -0.284. The summed E-state index contributed by atoms with van der Waals surface area (Å²) in [5, 5.41) is 12.1. The topological polar surface area (TPSA) is 59.8 Å². The van der Waals surface area contributed by atoms with Gasteiger partial charge in [-0.05, 0) is 38.5 Å². The van der Waals surface area contributed by atoms with Gasteiger partial charge in [0.1, 0.15) is 0 Å². The van der Waals surface area contributed by atoms with Crippen LogP contribution in [0.15, 0.2) is 59.8 Å². The Morgan fingerprint density at radius 2 is 1.92 bits per heavy atom. The van der Waals surface area contributed by atoms with Crippen molar-refractivity contribution in [1.29, 1.82) is 0 Å². The maximum Gasteiger partial charge on any atom is 0.237 e. The molecule has 3 rings (SSSR count). The van der Waals surface area contributed by atoms with Crippen molar-refractivity contribution in [3.63, 3.8) is 0 Å². The van der Waals surface area contributed by atoms with Gasteiger partial charge in [0, 0.05) is 17.8 Å². The van der Waals surface area contributed by atoms with Gasteiger partial charge in [-0.1, -0.05) is 54.2 Å². The number of aromatic nitrogens is 3. The molecule has 134 valence electrons. The number of benzene rings is 2. The first-order valence-corrected chi connectivity index (χ1v) is 9.49. The first kappa shape index (κ1) is 18.2. The Kier molecular flexibility index (Phi) is 5.73. The number of anilines is 1. The lowest BCUT2D eigenvalue weighted by molar-refractivity contribution is -0.115. The molecule has 0 bridgehead atoms. The molecule has 0 fully saturated rings. The van der Waals surface area contributed by atoms with Crippen molar-refractivity contribution < 1.29 is 4.79 Å². The van der Waals surface area contributed by atoms with E-state index in [-0.39, 0.29) is 11.2 Å². The summed E-state index contributed by atoms with van der Waals surface area (Å²) in [7, 11) is 0. The quantitative estimate of drug-likeness (QED) is 0.657. The van der Waals surface area contributed by atoms with Crippen molar-refractivity contribution in [3.05, 3.63) is 60.2 Å². The minimum absolute atomic E-state index is 0.0486. The van der Waals surface area contributed by atoms with Crippen molar-refractivity contribution in [1.82, 2.24) is 14.8 Å². The van der Waals surface area contributed by atoms with E-state index in [1.54, 1.807) is 0 Å². The van der Waals surface area contributed by atoms with E-state index in [4.69, 9.17) is 0 Å². The summed E-state index contributed by atoms with van der Waals surface area (Å²) in [6.07, 6.45) is 0. The number of nitrogens with one attached hydrogen (secondary N) is 1. The van der Waals surface area contributed by atoms with E-state index in [1.807, 2.05) is 73.0 Å². The number of hydrogen-bond donors (Lipinski definition) is 1. The van der Waals surface area contributed by atoms with Gasteiger partial charge in [-0.25, -0.2) is 0 Å². The smallest absolute Gasteiger partial charge is 0.237 e. The number of carbonyl (C=O) groups is 1. The van der Waals surface area contributed by atoms with Crippen LogP contribution in [0.3, 0.4) is 0 Å². The van der Waals surface area contributed by atoms with Crippen LogP contribution in [0.1, 0.15) is 19.4 Å². The van der Waals surface area contributed by atoms with Crippen LogP contribution >= 0.6 is 11.8 Å². The van der Waals surface area contributed by atoms with E-state index in [0.717, 1.165) is 34.3 Å².